The zero-order valence-corrected chi connectivity index (χ0v) is 18.2. The van der Waals surface area contributed by atoms with Crippen molar-refractivity contribution in [2.24, 2.45) is 7.05 Å². The van der Waals surface area contributed by atoms with Gasteiger partial charge >= 0.3 is 0 Å². The zero-order chi connectivity index (χ0) is 21.4. The molecule has 0 aliphatic heterocycles. The molecule has 158 valence electrons. The first kappa shape index (κ1) is 22.7. The number of amides is 2. The SMILES string of the molecule is CCc1ccc(C(=O)N(CC(=O)N(CCOC)Cc2cccn2C)C(C)C)cc1. The topological polar surface area (TPSA) is 54.8 Å². The fraction of sp³-hybridized carbons (Fsp3) is 0.478. The lowest BCUT2D eigenvalue weighted by Crippen LogP contribution is -2.46. The summed E-state index contributed by atoms with van der Waals surface area (Å²) in [5.74, 6) is -0.211. The summed E-state index contributed by atoms with van der Waals surface area (Å²) in [6.45, 7) is 7.40. The molecule has 0 unspecified atom stereocenters. The minimum atomic E-state index is -0.124. The molecular weight excluding hydrogens is 366 g/mol. The van der Waals surface area contributed by atoms with Crippen molar-refractivity contribution >= 4 is 11.8 Å². The van der Waals surface area contributed by atoms with Gasteiger partial charge in [0, 0.05) is 44.2 Å². The van der Waals surface area contributed by atoms with Crippen LogP contribution in [0.4, 0.5) is 0 Å². The predicted octanol–water partition coefficient (Wildman–Crippen LogP) is 3.11. The van der Waals surface area contributed by atoms with Gasteiger partial charge in [-0.05, 0) is 50.1 Å². The smallest absolute Gasteiger partial charge is 0.254 e. The Kier molecular flexibility index (Phi) is 8.46. The van der Waals surface area contributed by atoms with E-state index in [1.54, 1.807) is 16.9 Å². The Labute approximate surface area is 174 Å². The molecule has 0 atom stereocenters. The number of carbonyl (C=O) groups excluding carboxylic acids is 2. The summed E-state index contributed by atoms with van der Waals surface area (Å²) < 4.78 is 7.18. The minimum absolute atomic E-state index is 0.0418. The molecule has 6 heteroatoms. The second kappa shape index (κ2) is 10.8. The summed E-state index contributed by atoms with van der Waals surface area (Å²) in [5, 5.41) is 0. The van der Waals surface area contributed by atoms with Crippen LogP contribution in [0.15, 0.2) is 42.6 Å². The number of aryl methyl sites for hydroxylation is 2. The number of carbonyl (C=O) groups is 2. The van der Waals surface area contributed by atoms with E-state index < -0.39 is 0 Å². The first-order chi connectivity index (χ1) is 13.9. The average Bonchev–Trinajstić information content (AvgIpc) is 3.12. The van der Waals surface area contributed by atoms with Gasteiger partial charge in [0.1, 0.15) is 6.54 Å². The van der Waals surface area contributed by atoms with E-state index in [9.17, 15) is 9.59 Å². The van der Waals surface area contributed by atoms with Gasteiger partial charge in [-0.25, -0.2) is 0 Å². The molecule has 1 aromatic heterocycles. The first-order valence-corrected chi connectivity index (χ1v) is 10.1. The quantitative estimate of drug-likeness (QED) is 0.617. The van der Waals surface area contributed by atoms with Gasteiger partial charge in [0.05, 0.1) is 13.2 Å². The highest BCUT2D eigenvalue weighted by atomic mass is 16.5. The van der Waals surface area contributed by atoms with E-state index >= 15 is 0 Å². The summed E-state index contributed by atoms with van der Waals surface area (Å²) in [6.07, 6.45) is 2.88. The van der Waals surface area contributed by atoms with Crippen molar-refractivity contribution in [3.05, 3.63) is 59.4 Å². The highest BCUT2D eigenvalue weighted by Crippen LogP contribution is 2.13. The first-order valence-electron chi connectivity index (χ1n) is 10.1. The fourth-order valence-corrected chi connectivity index (χ4v) is 3.13. The van der Waals surface area contributed by atoms with Crippen LogP contribution >= 0.6 is 0 Å². The van der Waals surface area contributed by atoms with Gasteiger partial charge in [0.25, 0.3) is 5.91 Å². The van der Waals surface area contributed by atoms with Crippen LogP contribution in [0.5, 0.6) is 0 Å². The van der Waals surface area contributed by atoms with E-state index in [4.69, 9.17) is 4.74 Å². The molecule has 0 aliphatic carbocycles. The lowest BCUT2D eigenvalue weighted by atomic mass is 10.1. The van der Waals surface area contributed by atoms with Crippen LogP contribution in [0.2, 0.25) is 0 Å². The second-order valence-electron chi connectivity index (χ2n) is 7.50. The number of ether oxygens (including phenoxy) is 1. The van der Waals surface area contributed by atoms with Crippen molar-refractivity contribution in [2.45, 2.75) is 39.8 Å². The lowest BCUT2D eigenvalue weighted by Gasteiger charge is -2.30. The van der Waals surface area contributed by atoms with Crippen molar-refractivity contribution in [3.63, 3.8) is 0 Å². The molecule has 6 nitrogen and oxygen atoms in total. The van der Waals surface area contributed by atoms with Gasteiger partial charge in [0.2, 0.25) is 5.91 Å². The van der Waals surface area contributed by atoms with E-state index in [0.29, 0.717) is 25.3 Å². The molecule has 29 heavy (non-hydrogen) atoms. The highest BCUT2D eigenvalue weighted by Gasteiger charge is 2.25. The van der Waals surface area contributed by atoms with Crippen LogP contribution in [0.1, 0.15) is 42.4 Å². The largest absolute Gasteiger partial charge is 0.383 e. The van der Waals surface area contributed by atoms with Gasteiger partial charge < -0.3 is 19.1 Å². The Balaban J connectivity index is 2.15. The maximum Gasteiger partial charge on any atom is 0.254 e. The van der Waals surface area contributed by atoms with Crippen LogP contribution in [0.25, 0.3) is 0 Å². The van der Waals surface area contributed by atoms with Crippen molar-refractivity contribution in [1.82, 2.24) is 14.4 Å². The third-order valence-corrected chi connectivity index (χ3v) is 5.12. The number of nitrogens with zero attached hydrogens (tertiary/aromatic N) is 3. The molecule has 0 saturated heterocycles. The Morgan fingerprint density at radius 2 is 1.83 bits per heavy atom. The zero-order valence-electron chi connectivity index (χ0n) is 18.2. The van der Waals surface area contributed by atoms with Gasteiger partial charge in [-0.2, -0.15) is 0 Å². The van der Waals surface area contributed by atoms with Crippen molar-refractivity contribution < 1.29 is 14.3 Å². The van der Waals surface area contributed by atoms with Crippen LogP contribution in [0, 0.1) is 0 Å². The van der Waals surface area contributed by atoms with Gasteiger partial charge in [-0.3, -0.25) is 9.59 Å². The van der Waals surface area contributed by atoms with E-state index in [-0.39, 0.29) is 24.4 Å². The minimum Gasteiger partial charge on any atom is -0.383 e. The Morgan fingerprint density at radius 1 is 1.14 bits per heavy atom. The average molecular weight is 400 g/mol. The van der Waals surface area contributed by atoms with E-state index in [0.717, 1.165) is 12.1 Å². The predicted molar refractivity (Wildman–Crippen MR) is 115 cm³/mol. The van der Waals surface area contributed by atoms with Gasteiger partial charge in [-0.1, -0.05) is 19.1 Å². The van der Waals surface area contributed by atoms with E-state index in [1.807, 2.05) is 68.1 Å². The molecule has 0 bridgehead atoms. The van der Waals surface area contributed by atoms with Crippen molar-refractivity contribution in [2.75, 3.05) is 26.8 Å². The molecule has 2 amide bonds. The number of hydrogen-bond donors (Lipinski definition) is 0. The monoisotopic (exact) mass is 399 g/mol. The molecule has 0 radical (unpaired) electrons. The van der Waals surface area contributed by atoms with Crippen LogP contribution < -0.4 is 0 Å². The Hall–Kier alpha value is -2.60. The summed E-state index contributed by atoms with van der Waals surface area (Å²) in [4.78, 5) is 29.5. The molecule has 0 spiro atoms. The third kappa shape index (κ3) is 6.19. The highest BCUT2D eigenvalue weighted by molar-refractivity contribution is 5.96. The second-order valence-corrected chi connectivity index (χ2v) is 7.50. The molecular formula is C23H33N3O3. The van der Waals surface area contributed by atoms with Crippen LogP contribution in [0.3, 0.4) is 0 Å². The normalized spacial score (nSPS) is 11.0. The lowest BCUT2D eigenvalue weighted by molar-refractivity contribution is -0.133. The molecule has 1 heterocycles. The summed E-state index contributed by atoms with van der Waals surface area (Å²) >= 11 is 0. The number of hydrogen-bond acceptors (Lipinski definition) is 3. The fourth-order valence-electron chi connectivity index (χ4n) is 3.13. The molecule has 2 aromatic rings. The molecule has 0 N–H and O–H groups in total. The van der Waals surface area contributed by atoms with Crippen molar-refractivity contribution in [3.8, 4) is 0 Å². The maximum absolute atomic E-state index is 13.1. The van der Waals surface area contributed by atoms with Gasteiger partial charge in [0.15, 0.2) is 0 Å². The molecule has 2 rings (SSSR count). The van der Waals surface area contributed by atoms with Crippen molar-refractivity contribution in [1.29, 1.82) is 0 Å². The Morgan fingerprint density at radius 3 is 2.34 bits per heavy atom. The molecule has 0 fully saturated rings. The van der Waals surface area contributed by atoms with E-state index in [1.165, 1.54) is 5.56 Å². The Bertz CT molecular complexity index is 796. The van der Waals surface area contributed by atoms with Crippen LogP contribution in [-0.4, -0.2) is 59.0 Å². The maximum atomic E-state index is 13.1. The number of methoxy groups -OCH3 is 1. The standard InChI is InChI=1S/C23H33N3O3/c1-6-19-9-11-20(12-10-19)23(28)26(18(2)3)17-22(27)25(14-15-29-5)16-21-8-7-13-24(21)4/h7-13,18H,6,14-17H2,1-5H3. The number of rotatable bonds is 10. The molecule has 1 aromatic carbocycles. The third-order valence-electron chi connectivity index (χ3n) is 5.12. The summed E-state index contributed by atoms with van der Waals surface area (Å²) in [6, 6.07) is 11.5. The summed E-state index contributed by atoms with van der Waals surface area (Å²) in [5.41, 5.74) is 2.82. The number of aromatic nitrogens is 1. The molecule has 0 aliphatic rings. The summed E-state index contributed by atoms with van der Waals surface area (Å²) in [7, 11) is 3.58. The van der Waals surface area contributed by atoms with E-state index in [2.05, 4.69) is 6.92 Å². The molecule has 0 saturated carbocycles. The van der Waals surface area contributed by atoms with Gasteiger partial charge in [-0.15, -0.1) is 0 Å². The van der Waals surface area contributed by atoms with Crippen LogP contribution in [-0.2, 0) is 29.5 Å². The number of benzene rings is 1.